The molecule has 1 aliphatic rings. The van der Waals surface area contributed by atoms with Crippen LogP contribution in [0.25, 0.3) is 11.5 Å². The Morgan fingerprint density at radius 2 is 1.95 bits per heavy atom. The molecule has 2 aromatic rings. The highest BCUT2D eigenvalue weighted by Gasteiger charge is 2.34. The van der Waals surface area contributed by atoms with E-state index in [1.807, 2.05) is 12.1 Å². The SMILES string of the molecule is NC1(c2noc(-c3cc(Cl)cc(Br)c3)n2)CCCCC1. The van der Waals surface area contributed by atoms with E-state index >= 15 is 0 Å². The molecule has 6 heteroatoms. The number of hydrogen-bond donors (Lipinski definition) is 1. The Labute approximate surface area is 130 Å². The fourth-order valence-electron chi connectivity index (χ4n) is 2.63. The summed E-state index contributed by atoms with van der Waals surface area (Å²) in [5.74, 6) is 1.06. The summed E-state index contributed by atoms with van der Waals surface area (Å²) in [5, 5.41) is 4.70. The molecule has 0 unspecified atom stereocenters. The van der Waals surface area contributed by atoms with Gasteiger partial charge in [0.05, 0.1) is 5.54 Å². The van der Waals surface area contributed by atoms with Gasteiger partial charge in [-0.3, -0.25) is 0 Å². The Kier molecular flexibility index (Phi) is 3.84. The van der Waals surface area contributed by atoms with Crippen molar-refractivity contribution in [2.75, 3.05) is 0 Å². The second-order valence-corrected chi connectivity index (χ2v) is 6.65. The van der Waals surface area contributed by atoms with Crippen LogP contribution >= 0.6 is 27.5 Å². The predicted octanol–water partition coefficient (Wildman–Crippen LogP) is 4.27. The minimum atomic E-state index is -0.449. The fraction of sp³-hybridized carbons (Fsp3) is 0.429. The normalized spacial score (nSPS) is 18.1. The summed E-state index contributed by atoms with van der Waals surface area (Å²) in [5.41, 5.74) is 6.76. The van der Waals surface area contributed by atoms with Gasteiger partial charge >= 0.3 is 0 Å². The number of hydrogen-bond acceptors (Lipinski definition) is 4. The van der Waals surface area contributed by atoms with Crippen LogP contribution in [0, 0.1) is 0 Å². The van der Waals surface area contributed by atoms with E-state index in [4.69, 9.17) is 21.9 Å². The third-order valence-electron chi connectivity index (χ3n) is 3.73. The van der Waals surface area contributed by atoms with E-state index in [2.05, 4.69) is 26.1 Å². The molecule has 1 fully saturated rings. The lowest BCUT2D eigenvalue weighted by atomic mass is 9.82. The molecular weight excluding hydrogens is 342 g/mol. The zero-order chi connectivity index (χ0) is 14.2. The van der Waals surface area contributed by atoms with Crippen molar-refractivity contribution in [2.45, 2.75) is 37.6 Å². The highest BCUT2D eigenvalue weighted by atomic mass is 79.9. The van der Waals surface area contributed by atoms with Crippen molar-refractivity contribution < 1.29 is 4.52 Å². The van der Waals surface area contributed by atoms with Gasteiger partial charge in [0, 0.05) is 15.1 Å². The Bertz CT molecular complexity index is 602. The van der Waals surface area contributed by atoms with Crippen molar-refractivity contribution in [3.63, 3.8) is 0 Å². The van der Waals surface area contributed by atoms with Crippen LogP contribution in [-0.4, -0.2) is 10.1 Å². The van der Waals surface area contributed by atoms with Gasteiger partial charge in [0.2, 0.25) is 0 Å². The highest BCUT2D eigenvalue weighted by Crippen LogP contribution is 2.34. The van der Waals surface area contributed by atoms with Crippen molar-refractivity contribution in [2.24, 2.45) is 5.73 Å². The van der Waals surface area contributed by atoms with Crippen LogP contribution in [-0.2, 0) is 5.54 Å². The fourth-order valence-corrected chi connectivity index (χ4v) is 3.49. The van der Waals surface area contributed by atoms with Crippen LogP contribution < -0.4 is 5.73 Å². The first-order valence-electron chi connectivity index (χ1n) is 6.66. The molecule has 0 spiro atoms. The molecule has 1 aliphatic carbocycles. The summed E-state index contributed by atoms with van der Waals surface area (Å²) < 4.78 is 6.23. The number of halogens is 2. The maximum atomic E-state index is 6.41. The Balaban J connectivity index is 1.93. The predicted molar refractivity (Wildman–Crippen MR) is 81.4 cm³/mol. The van der Waals surface area contributed by atoms with Crippen LogP contribution in [0.15, 0.2) is 27.2 Å². The Morgan fingerprint density at radius 3 is 2.65 bits per heavy atom. The first-order valence-corrected chi connectivity index (χ1v) is 7.83. The van der Waals surface area contributed by atoms with Gasteiger partial charge < -0.3 is 10.3 Å². The number of nitrogens with zero attached hydrogens (tertiary/aromatic N) is 2. The van der Waals surface area contributed by atoms with Gasteiger partial charge in [0.15, 0.2) is 5.82 Å². The van der Waals surface area contributed by atoms with Crippen molar-refractivity contribution in [3.8, 4) is 11.5 Å². The van der Waals surface area contributed by atoms with E-state index < -0.39 is 5.54 Å². The van der Waals surface area contributed by atoms with Crippen molar-refractivity contribution in [3.05, 3.63) is 33.5 Å². The quantitative estimate of drug-likeness (QED) is 0.872. The second-order valence-electron chi connectivity index (χ2n) is 5.30. The smallest absolute Gasteiger partial charge is 0.258 e. The maximum Gasteiger partial charge on any atom is 0.258 e. The Morgan fingerprint density at radius 1 is 1.20 bits per heavy atom. The maximum absolute atomic E-state index is 6.41. The molecular formula is C14H15BrClN3O. The zero-order valence-corrected chi connectivity index (χ0v) is 13.2. The standard InChI is InChI=1S/C14H15BrClN3O/c15-10-6-9(7-11(16)8-10)12-18-13(19-20-12)14(17)4-2-1-3-5-14/h6-8H,1-5,17H2. The molecule has 0 atom stereocenters. The molecule has 20 heavy (non-hydrogen) atoms. The molecule has 3 rings (SSSR count). The van der Waals surface area contributed by atoms with Crippen LogP contribution in [0.4, 0.5) is 0 Å². The van der Waals surface area contributed by atoms with Crippen LogP contribution in [0.5, 0.6) is 0 Å². The molecule has 0 saturated heterocycles. The first-order chi connectivity index (χ1) is 9.57. The van der Waals surface area contributed by atoms with Crippen LogP contribution in [0.3, 0.4) is 0 Å². The van der Waals surface area contributed by atoms with E-state index in [0.717, 1.165) is 35.7 Å². The summed E-state index contributed by atoms with van der Waals surface area (Å²) in [7, 11) is 0. The lowest BCUT2D eigenvalue weighted by molar-refractivity contribution is 0.275. The lowest BCUT2D eigenvalue weighted by Gasteiger charge is -2.29. The molecule has 2 N–H and O–H groups in total. The monoisotopic (exact) mass is 355 g/mol. The Hall–Kier alpha value is -0.910. The largest absolute Gasteiger partial charge is 0.334 e. The third kappa shape index (κ3) is 2.75. The number of rotatable bonds is 2. The van der Waals surface area contributed by atoms with Gasteiger partial charge in [-0.25, -0.2) is 0 Å². The summed E-state index contributed by atoms with van der Waals surface area (Å²) in [6.45, 7) is 0. The number of nitrogens with two attached hydrogens (primary N) is 1. The third-order valence-corrected chi connectivity index (χ3v) is 4.40. The molecule has 1 aromatic heterocycles. The van der Waals surface area contributed by atoms with Gasteiger partial charge in [0.25, 0.3) is 5.89 Å². The minimum Gasteiger partial charge on any atom is -0.334 e. The topological polar surface area (TPSA) is 64.9 Å². The van der Waals surface area contributed by atoms with E-state index in [9.17, 15) is 0 Å². The molecule has 0 radical (unpaired) electrons. The van der Waals surface area contributed by atoms with Gasteiger partial charge in [-0.2, -0.15) is 4.98 Å². The van der Waals surface area contributed by atoms with E-state index in [0.29, 0.717) is 16.7 Å². The van der Waals surface area contributed by atoms with E-state index in [1.165, 1.54) is 6.42 Å². The van der Waals surface area contributed by atoms with E-state index in [-0.39, 0.29) is 0 Å². The molecule has 1 saturated carbocycles. The van der Waals surface area contributed by atoms with Crippen LogP contribution in [0.2, 0.25) is 5.02 Å². The minimum absolute atomic E-state index is 0.449. The molecule has 1 aromatic carbocycles. The van der Waals surface area contributed by atoms with Crippen molar-refractivity contribution in [1.29, 1.82) is 0 Å². The summed E-state index contributed by atoms with van der Waals surface area (Å²) in [4.78, 5) is 4.48. The van der Waals surface area contributed by atoms with Crippen LogP contribution in [0.1, 0.15) is 37.9 Å². The van der Waals surface area contributed by atoms with Crippen molar-refractivity contribution >= 4 is 27.5 Å². The van der Waals surface area contributed by atoms with E-state index in [1.54, 1.807) is 6.07 Å². The molecule has 1 heterocycles. The first kappa shape index (κ1) is 14.0. The number of benzene rings is 1. The second kappa shape index (κ2) is 5.47. The molecule has 106 valence electrons. The zero-order valence-electron chi connectivity index (χ0n) is 10.9. The summed E-state index contributed by atoms with van der Waals surface area (Å²) >= 11 is 9.44. The summed E-state index contributed by atoms with van der Waals surface area (Å²) in [6, 6.07) is 5.51. The van der Waals surface area contributed by atoms with Crippen molar-refractivity contribution in [1.82, 2.24) is 10.1 Å². The summed E-state index contributed by atoms with van der Waals surface area (Å²) in [6.07, 6.45) is 5.27. The lowest BCUT2D eigenvalue weighted by Crippen LogP contribution is -2.39. The van der Waals surface area contributed by atoms with Gasteiger partial charge in [-0.15, -0.1) is 0 Å². The average molecular weight is 357 g/mol. The molecule has 0 aliphatic heterocycles. The van der Waals surface area contributed by atoms with Gasteiger partial charge in [-0.1, -0.05) is 52.0 Å². The molecule has 0 amide bonds. The highest BCUT2D eigenvalue weighted by molar-refractivity contribution is 9.10. The van der Waals surface area contributed by atoms with Gasteiger partial charge in [-0.05, 0) is 31.0 Å². The molecule has 0 bridgehead atoms. The van der Waals surface area contributed by atoms with Gasteiger partial charge in [0.1, 0.15) is 0 Å². The molecule has 4 nitrogen and oxygen atoms in total. The number of aromatic nitrogens is 2. The average Bonchev–Trinajstić information content (AvgIpc) is 2.89.